The van der Waals surface area contributed by atoms with Crippen molar-refractivity contribution in [3.8, 4) is 11.4 Å². The molecule has 1 heterocycles. The second kappa shape index (κ2) is 5.97. The molecule has 3 rings (SSSR count). The molecule has 0 radical (unpaired) electrons. The Morgan fingerprint density at radius 3 is 2.48 bits per heavy atom. The summed E-state index contributed by atoms with van der Waals surface area (Å²) in [5.41, 5.74) is 2.02. The van der Waals surface area contributed by atoms with Crippen molar-refractivity contribution in [3.63, 3.8) is 0 Å². The number of nitrogens with one attached hydrogen (secondary N) is 1. The zero-order valence-corrected chi connectivity index (χ0v) is 12.4. The van der Waals surface area contributed by atoms with Crippen LogP contribution in [0.1, 0.15) is 5.82 Å². The van der Waals surface area contributed by atoms with Crippen molar-refractivity contribution in [3.05, 3.63) is 65.4 Å². The van der Waals surface area contributed by atoms with Gasteiger partial charge in [0.1, 0.15) is 5.82 Å². The quantitative estimate of drug-likeness (QED) is 0.798. The molecular formula is C16H15ClN4. The molecule has 1 aromatic heterocycles. The third kappa shape index (κ3) is 3.23. The molecule has 0 atom stereocenters. The van der Waals surface area contributed by atoms with Gasteiger partial charge < -0.3 is 5.32 Å². The van der Waals surface area contributed by atoms with Crippen molar-refractivity contribution in [1.82, 2.24) is 14.8 Å². The fourth-order valence-electron chi connectivity index (χ4n) is 2.03. The number of anilines is 1. The van der Waals surface area contributed by atoms with E-state index in [0.717, 1.165) is 27.9 Å². The van der Waals surface area contributed by atoms with Gasteiger partial charge in [-0.25, -0.2) is 4.98 Å². The Balaban J connectivity index is 1.74. The molecule has 0 aliphatic rings. The predicted molar refractivity (Wildman–Crippen MR) is 85.2 cm³/mol. The summed E-state index contributed by atoms with van der Waals surface area (Å²) < 4.78 is 1.80. The minimum absolute atomic E-state index is 0.609. The first-order chi connectivity index (χ1) is 10.2. The Morgan fingerprint density at radius 1 is 1.05 bits per heavy atom. The Hall–Kier alpha value is -2.33. The fraction of sp³-hybridized carbons (Fsp3) is 0.125. The number of hydrogen-bond acceptors (Lipinski definition) is 3. The summed E-state index contributed by atoms with van der Waals surface area (Å²) in [7, 11) is 1.90. The molecule has 0 bridgehead atoms. The first kappa shape index (κ1) is 13.6. The van der Waals surface area contributed by atoms with E-state index in [1.54, 1.807) is 4.68 Å². The summed E-state index contributed by atoms with van der Waals surface area (Å²) >= 11 is 5.87. The van der Waals surface area contributed by atoms with Crippen molar-refractivity contribution in [1.29, 1.82) is 0 Å². The van der Waals surface area contributed by atoms with Crippen molar-refractivity contribution in [2.45, 2.75) is 6.54 Å². The van der Waals surface area contributed by atoms with Crippen molar-refractivity contribution in [2.75, 3.05) is 5.32 Å². The minimum atomic E-state index is 0.609. The number of rotatable bonds is 4. The van der Waals surface area contributed by atoms with Crippen LogP contribution in [0.3, 0.4) is 0 Å². The van der Waals surface area contributed by atoms with Crippen LogP contribution in [0.25, 0.3) is 11.4 Å². The van der Waals surface area contributed by atoms with Crippen LogP contribution in [0, 0.1) is 0 Å². The maximum absolute atomic E-state index is 5.87. The van der Waals surface area contributed by atoms with E-state index in [2.05, 4.69) is 15.4 Å². The Labute approximate surface area is 128 Å². The largest absolute Gasteiger partial charge is 0.378 e. The van der Waals surface area contributed by atoms with Crippen LogP contribution in [-0.4, -0.2) is 14.8 Å². The topological polar surface area (TPSA) is 42.7 Å². The maximum Gasteiger partial charge on any atom is 0.181 e. The summed E-state index contributed by atoms with van der Waals surface area (Å²) in [6.07, 6.45) is 0. The van der Waals surface area contributed by atoms with Crippen LogP contribution in [-0.2, 0) is 13.6 Å². The summed E-state index contributed by atoms with van der Waals surface area (Å²) in [6, 6.07) is 17.6. The maximum atomic E-state index is 5.87. The van der Waals surface area contributed by atoms with Gasteiger partial charge in [0.15, 0.2) is 5.82 Å². The average molecular weight is 299 g/mol. The number of aromatic nitrogens is 3. The van der Waals surface area contributed by atoms with E-state index in [1.807, 2.05) is 61.6 Å². The Morgan fingerprint density at radius 2 is 1.76 bits per heavy atom. The number of hydrogen-bond donors (Lipinski definition) is 1. The molecule has 3 aromatic rings. The predicted octanol–water partition coefficient (Wildman–Crippen LogP) is 3.75. The van der Waals surface area contributed by atoms with E-state index in [4.69, 9.17) is 11.6 Å². The first-order valence-electron chi connectivity index (χ1n) is 6.67. The molecule has 0 unspecified atom stereocenters. The molecule has 0 fully saturated rings. The second-order valence-corrected chi connectivity index (χ2v) is 5.14. The van der Waals surface area contributed by atoms with Gasteiger partial charge in [0.05, 0.1) is 6.54 Å². The molecule has 0 aliphatic carbocycles. The lowest BCUT2D eigenvalue weighted by Crippen LogP contribution is -2.06. The average Bonchev–Trinajstić information content (AvgIpc) is 2.89. The van der Waals surface area contributed by atoms with Crippen molar-refractivity contribution in [2.24, 2.45) is 7.05 Å². The van der Waals surface area contributed by atoms with Gasteiger partial charge in [-0.1, -0.05) is 41.9 Å². The van der Waals surface area contributed by atoms with E-state index in [-0.39, 0.29) is 0 Å². The van der Waals surface area contributed by atoms with Crippen LogP contribution >= 0.6 is 11.6 Å². The highest BCUT2D eigenvalue weighted by Gasteiger charge is 2.08. The van der Waals surface area contributed by atoms with E-state index < -0.39 is 0 Å². The standard InChI is InChI=1S/C16H15ClN4/c1-21-15(11-18-14-9-7-13(17)8-10-14)19-16(20-21)12-5-3-2-4-6-12/h2-10,18H,11H2,1H3. The molecule has 0 amide bonds. The number of nitrogens with zero attached hydrogens (tertiary/aromatic N) is 3. The van der Waals surface area contributed by atoms with Crippen LogP contribution in [0.5, 0.6) is 0 Å². The highest BCUT2D eigenvalue weighted by atomic mass is 35.5. The highest BCUT2D eigenvalue weighted by Crippen LogP contribution is 2.16. The van der Waals surface area contributed by atoms with E-state index in [9.17, 15) is 0 Å². The number of benzene rings is 2. The number of halogens is 1. The molecule has 2 aromatic carbocycles. The molecule has 4 nitrogen and oxygen atoms in total. The van der Waals surface area contributed by atoms with Crippen LogP contribution in [0.4, 0.5) is 5.69 Å². The summed E-state index contributed by atoms with van der Waals surface area (Å²) in [4.78, 5) is 4.58. The second-order valence-electron chi connectivity index (χ2n) is 4.70. The zero-order valence-electron chi connectivity index (χ0n) is 11.6. The minimum Gasteiger partial charge on any atom is -0.378 e. The lowest BCUT2D eigenvalue weighted by Gasteiger charge is -2.05. The third-order valence-electron chi connectivity index (χ3n) is 3.18. The van der Waals surface area contributed by atoms with E-state index >= 15 is 0 Å². The van der Waals surface area contributed by atoms with E-state index in [1.165, 1.54) is 0 Å². The molecule has 0 aliphatic heterocycles. The van der Waals surface area contributed by atoms with E-state index in [0.29, 0.717) is 6.54 Å². The van der Waals surface area contributed by atoms with Gasteiger partial charge >= 0.3 is 0 Å². The first-order valence-corrected chi connectivity index (χ1v) is 7.05. The molecule has 106 valence electrons. The molecule has 0 spiro atoms. The zero-order chi connectivity index (χ0) is 14.7. The number of aryl methyl sites for hydroxylation is 1. The SMILES string of the molecule is Cn1nc(-c2ccccc2)nc1CNc1ccc(Cl)cc1. The Kier molecular flexibility index (Phi) is 3.88. The highest BCUT2D eigenvalue weighted by molar-refractivity contribution is 6.30. The van der Waals surface area contributed by atoms with Crippen LogP contribution in [0.15, 0.2) is 54.6 Å². The molecule has 5 heteroatoms. The normalized spacial score (nSPS) is 10.6. The van der Waals surface area contributed by atoms with Crippen LogP contribution < -0.4 is 5.32 Å². The molecule has 1 N–H and O–H groups in total. The molecule has 0 saturated carbocycles. The van der Waals surface area contributed by atoms with Gasteiger partial charge in [-0.15, -0.1) is 0 Å². The monoisotopic (exact) mass is 298 g/mol. The fourth-order valence-corrected chi connectivity index (χ4v) is 2.16. The van der Waals surface area contributed by atoms with Gasteiger partial charge in [0.25, 0.3) is 0 Å². The van der Waals surface area contributed by atoms with Crippen LogP contribution in [0.2, 0.25) is 5.02 Å². The van der Waals surface area contributed by atoms with Gasteiger partial charge in [-0.2, -0.15) is 5.10 Å². The smallest absolute Gasteiger partial charge is 0.181 e. The van der Waals surface area contributed by atoms with Crippen molar-refractivity contribution >= 4 is 17.3 Å². The molecule has 0 saturated heterocycles. The lowest BCUT2D eigenvalue weighted by molar-refractivity contribution is 0.713. The third-order valence-corrected chi connectivity index (χ3v) is 3.43. The molecule has 21 heavy (non-hydrogen) atoms. The van der Waals surface area contributed by atoms with Gasteiger partial charge in [0, 0.05) is 23.3 Å². The summed E-state index contributed by atoms with van der Waals surface area (Å²) in [6.45, 7) is 0.609. The molecular weight excluding hydrogens is 284 g/mol. The van der Waals surface area contributed by atoms with Crippen molar-refractivity contribution < 1.29 is 0 Å². The summed E-state index contributed by atoms with van der Waals surface area (Å²) in [5.74, 6) is 1.62. The summed E-state index contributed by atoms with van der Waals surface area (Å²) in [5, 5.41) is 8.49. The van der Waals surface area contributed by atoms with Gasteiger partial charge in [-0.05, 0) is 24.3 Å². The van der Waals surface area contributed by atoms with Gasteiger partial charge in [-0.3, -0.25) is 4.68 Å². The van der Waals surface area contributed by atoms with Gasteiger partial charge in [0.2, 0.25) is 0 Å². The lowest BCUT2D eigenvalue weighted by atomic mass is 10.2. The Bertz CT molecular complexity index is 720.